The summed E-state index contributed by atoms with van der Waals surface area (Å²) in [5.41, 5.74) is 7.41. The lowest BCUT2D eigenvalue weighted by Crippen LogP contribution is -2.11. The fourth-order valence-electron chi connectivity index (χ4n) is 1.41. The molecule has 0 spiro atoms. The maximum Gasteiger partial charge on any atom is 0.255 e. The summed E-state index contributed by atoms with van der Waals surface area (Å²) in [4.78, 5) is 11.9. The molecule has 0 saturated heterocycles. The molecule has 3 nitrogen and oxygen atoms in total. The first kappa shape index (κ1) is 12.9. The Morgan fingerprint density at radius 2 is 1.83 bits per heavy atom. The topological polar surface area (TPSA) is 55.1 Å². The van der Waals surface area contributed by atoms with Gasteiger partial charge in [0.15, 0.2) is 0 Å². The number of amides is 1. The van der Waals surface area contributed by atoms with Gasteiger partial charge >= 0.3 is 0 Å². The number of carbonyl (C=O) groups excluding carboxylic acids is 1. The predicted octanol–water partition coefficient (Wildman–Crippen LogP) is 3.94. The van der Waals surface area contributed by atoms with Gasteiger partial charge < -0.3 is 11.1 Å². The van der Waals surface area contributed by atoms with Gasteiger partial charge in [-0.3, -0.25) is 4.79 Å². The molecule has 0 radical (unpaired) electrons. The van der Waals surface area contributed by atoms with Crippen LogP contribution in [0.5, 0.6) is 0 Å². The van der Waals surface area contributed by atoms with Crippen LogP contribution in [-0.4, -0.2) is 5.91 Å². The molecule has 2 rings (SSSR count). The molecule has 0 aliphatic heterocycles. The Balaban J connectivity index is 2.16. The zero-order chi connectivity index (χ0) is 13.1. The van der Waals surface area contributed by atoms with E-state index in [4.69, 9.17) is 17.3 Å². The lowest BCUT2D eigenvalue weighted by Gasteiger charge is -2.06. The maximum absolute atomic E-state index is 11.9. The highest BCUT2D eigenvalue weighted by atomic mass is 79.9. The summed E-state index contributed by atoms with van der Waals surface area (Å²) in [5, 5.41) is 3.26. The minimum absolute atomic E-state index is 0.214. The second-order valence-corrected chi connectivity index (χ2v) is 4.97. The van der Waals surface area contributed by atoms with Crippen molar-refractivity contribution in [3.8, 4) is 0 Å². The van der Waals surface area contributed by atoms with E-state index in [1.807, 2.05) is 0 Å². The van der Waals surface area contributed by atoms with Crippen LogP contribution in [0.1, 0.15) is 10.4 Å². The van der Waals surface area contributed by atoms with Crippen molar-refractivity contribution in [3.63, 3.8) is 0 Å². The molecule has 0 unspecified atom stereocenters. The molecular formula is C13H10BrClN2O. The Bertz CT molecular complexity index is 584. The van der Waals surface area contributed by atoms with Crippen molar-refractivity contribution in [2.24, 2.45) is 0 Å². The third-order valence-corrected chi connectivity index (χ3v) is 3.58. The zero-order valence-electron chi connectivity index (χ0n) is 9.28. The van der Waals surface area contributed by atoms with Crippen molar-refractivity contribution in [1.29, 1.82) is 0 Å². The number of halogens is 2. The third-order valence-electron chi connectivity index (χ3n) is 2.35. The van der Waals surface area contributed by atoms with Crippen LogP contribution in [0, 0.1) is 0 Å². The van der Waals surface area contributed by atoms with Gasteiger partial charge in [-0.25, -0.2) is 0 Å². The minimum Gasteiger partial charge on any atom is -0.399 e. The summed E-state index contributed by atoms with van der Waals surface area (Å²) in [6.45, 7) is 0. The van der Waals surface area contributed by atoms with Crippen LogP contribution in [-0.2, 0) is 0 Å². The first-order valence-electron chi connectivity index (χ1n) is 5.18. The van der Waals surface area contributed by atoms with Gasteiger partial charge in [0.2, 0.25) is 0 Å². The van der Waals surface area contributed by atoms with E-state index in [9.17, 15) is 4.79 Å². The Morgan fingerprint density at radius 1 is 1.17 bits per heavy atom. The molecule has 0 aromatic heterocycles. The van der Waals surface area contributed by atoms with Crippen LogP contribution >= 0.6 is 27.5 Å². The van der Waals surface area contributed by atoms with Crippen molar-refractivity contribution in [3.05, 3.63) is 57.5 Å². The summed E-state index contributed by atoms with van der Waals surface area (Å²) in [5.74, 6) is -0.214. The minimum atomic E-state index is -0.214. The number of nitrogens with one attached hydrogen (secondary N) is 1. The third kappa shape index (κ3) is 3.03. The maximum atomic E-state index is 11.9. The standard InChI is InChI=1S/C13H10BrClN2O/c14-11-6-1-8(7-12(11)15)13(18)17-10-4-2-9(16)3-5-10/h1-7H,16H2,(H,17,18). The Kier molecular flexibility index (Phi) is 3.89. The van der Waals surface area contributed by atoms with Crippen molar-refractivity contribution in [2.45, 2.75) is 0 Å². The van der Waals surface area contributed by atoms with E-state index in [-0.39, 0.29) is 5.91 Å². The molecule has 0 aliphatic carbocycles. The molecule has 0 bridgehead atoms. The van der Waals surface area contributed by atoms with Crippen LogP contribution in [0.3, 0.4) is 0 Å². The molecule has 3 N–H and O–H groups in total. The lowest BCUT2D eigenvalue weighted by molar-refractivity contribution is 0.102. The molecule has 1 amide bonds. The van der Waals surface area contributed by atoms with Crippen molar-refractivity contribution >= 4 is 44.8 Å². The quantitative estimate of drug-likeness (QED) is 0.822. The number of hydrogen-bond acceptors (Lipinski definition) is 2. The molecule has 5 heteroatoms. The highest BCUT2D eigenvalue weighted by molar-refractivity contribution is 9.10. The molecular weight excluding hydrogens is 316 g/mol. The molecule has 2 aromatic rings. The summed E-state index contributed by atoms with van der Waals surface area (Å²) < 4.78 is 0.758. The van der Waals surface area contributed by atoms with Crippen molar-refractivity contribution < 1.29 is 4.79 Å². The fourth-order valence-corrected chi connectivity index (χ4v) is 1.83. The van der Waals surface area contributed by atoms with Gasteiger partial charge in [0.05, 0.1) is 5.02 Å². The molecule has 18 heavy (non-hydrogen) atoms. The number of anilines is 2. The van der Waals surface area contributed by atoms with E-state index in [0.717, 1.165) is 4.47 Å². The predicted molar refractivity (Wildman–Crippen MR) is 78.0 cm³/mol. The molecule has 0 heterocycles. The van der Waals surface area contributed by atoms with Gasteiger partial charge in [0.1, 0.15) is 0 Å². The number of nitrogen functional groups attached to an aromatic ring is 1. The Labute approximate surface area is 118 Å². The SMILES string of the molecule is Nc1ccc(NC(=O)c2ccc(Br)c(Cl)c2)cc1. The van der Waals surface area contributed by atoms with Crippen molar-refractivity contribution in [2.75, 3.05) is 11.1 Å². The Hall–Kier alpha value is -1.52. The van der Waals surface area contributed by atoms with E-state index in [1.54, 1.807) is 42.5 Å². The normalized spacial score (nSPS) is 10.1. The molecule has 0 atom stereocenters. The highest BCUT2D eigenvalue weighted by Gasteiger charge is 2.08. The Morgan fingerprint density at radius 3 is 2.44 bits per heavy atom. The van der Waals surface area contributed by atoms with Crippen LogP contribution in [0.15, 0.2) is 46.9 Å². The number of hydrogen-bond donors (Lipinski definition) is 2. The molecule has 92 valence electrons. The number of carbonyl (C=O) groups is 1. The van der Waals surface area contributed by atoms with E-state index in [2.05, 4.69) is 21.2 Å². The largest absolute Gasteiger partial charge is 0.399 e. The molecule has 0 aliphatic rings. The van der Waals surface area contributed by atoms with Gasteiger partial charge in [-0.2, -0.15) is 0 Å². The summed E-state index contributed by atoms with van der Waals surface area (Å²) in [6.07, 6.45) is 0. The molecule has 0 fully saturated rings. The van der Waals surface area contributed by atoms with Gasteiger partial charge in [-0.05, 0) is 58.4 Å². The molecule has 2 aromatic carbocycles. The van der Waals surface area contributed by atoms with Crippen LogP contribution < -0.4 is 11.1 Å². The average Bonchev–Trinajstić information content (AvgIpc) is 2.35. The smallest absolute Gasteiger partial charge is 0.255 e. The van der Waals surface area contributed by atoms with Crippen LogP contribution in [0.4, 0.5) is 11.4 Å². The van der Waals surface area contributed by atoms with Gasteiger partial charge in [-0.15, -0.1) is 0 Å². The molecule has 0 saturated carbocycles. The van der Waals surface area contributed by atoms with E-state index < -0.39 is 0 Å². The second kappa shape index (κ2) is 5.42. The van der Waals surface area contributed by atoms with Gasteiger partial charge in [-0.1, -0.05) is 11.6 Å². The number of benzene rings is 2. The second-order valence-electron chi connectivity index (χ2n) is 3.71. The van der Waals surface area contributed by atoms with E-state index in [1.165, 1.54) is 0 Å². The van der Waals surface area contributed by atoms with E-state index in [0.29, 0.717) is 22.0 Å². The number of nitrogens with two attached hydrogens (primary N) is 1. The lowest BCUT2D eigenvalue weighted by atomic mass is 10.2. The van der Waals surface area contributed by atoms with Gasteiger partial charge in [0, 0.05) is 21.4 Å². The van der Waals surface area contributed by atoms with E-state index >= 15 is 0 Å². The summed E-state index contributed by atoms with van der Waals surface area (Å²) in [6, 6.07) is 12.0. The first-order valence-corrected chi connectivity index (χ1v) is 6.35. The number of rotatable bonds is 2. The highest BCUT2D eigenvalue weighted by Crippen LogP contribution is 2.23. The summed E-state index contributed by atoms with van der Waals surface area (Å²) in [7, 11) is 0. The zero-order valence-corrected chi connectivity index (χ0v) is 11.6. The first-order chi connectivity index (χ1) is 8.56. The average molecular weight is 326 g/mol. The summed E-state index contributed by atoms with van der Waals surface area (Å²) >= 11 is 9.21. The van der Waals surface area contributed by atoms with Crippen LogP contribution in [0.25, 0.3) is 0 Å². The van der Waals surface area contributed by atoms with Crippen molar-refractivity contribution in [1.82, 2.24) is 0 Å². The fraction of sp³-hybridized carbons (Fsp3) is 0. The van der Waals surface area contributed by atoms with Crippen LogP contribution in [0.2, 0.25) is 5.02 Å². The van der Waals surface area contributed by atoms with Gasteiger partial charge in [0.25, 0.3) is 5.91 Å². The monoisotopic (exact) mass is 324 g/mol.